The second-order valence-corrected chi connectivity index (χ2v) is 4.81. The van der Waals surface area contributed by atoms with Crippen molar-refractivity contribution in [3.63, 3.8) is 0 Å². The first-order valence-corrected chi connectivity index (χ1v) is 5.97. The Bertz CT molecular complexity index is 289. The first-order valence-electron chi connectivity index (χ1n) is 5.97. The molecule has 16 heavy (non-hydrogen) atoms. The van der Waals surface area contributed by atoms with Gasteiger partial charge in [-0.25, -0.2) is 0 Å². The number of hydrogen-bond donors (Lipinski definition) is 3. The fraction of sp³-hybridized carbons (Fsp3) is 0.818. The Morgan fingerprint density at radius 1 is 1.50 bits per heavy atom. The Hall–Kier alpha value is -1.10. The minimum Gasteiger partial charge on any atom is -0.354 e. The summed E-state index contributed by atoms with van der Waals surface area (Å²) < 4.78 is 0. The highest BCUT2D eigenvalue weighted by atomic mass is 16.2. The van der Waals surface area contributed by atoms with Crippen molar-refractivity contribution in [1.82, 2.24) is 10.6 Å². The molecule has 4 N–H and O–H groups in total. The molecule has 1 aliphatic heterocycles. The first kappa shape index (κ1) is 11.4. The summed E-state index contributed by atoms with van der Waals surface area (Å²) in [7, 11) is 0. The molecule has 2 fully saturated rings. The largest absolute Gasteiger partial charge is 0.354 e. The maximum absolute atomic E-state index is 11.5. The van der Waals surface area contributed by atoms with E-state index >= 15 is 0 Å². The van der Waals surface area contributed by atoms with Gasteiger partial charge in [-0.1, -0.05) is 0 Å². The van der Waals surface area contributed by atoms with Gasteiger partial charge in [-0.3, -0.25) is 9.59 Å². The van der Waals surface area contributed by atoms with E-state index in [1.807, 2.05) is 0 Å². The minimum absolute atomic E-state index is 0.000508. The van der Waals surface area contributed by atoms with Crippen LogP contribution in [0.25, 0.3) is 0 Å². The molecule has 2 atom stereocenters. The van der Waals surface area contributed by atoms with Crippen LogP contribution in [0.5, 0.6) is 0 Å². The predicted molar refractivity (Wildman–Crippen MR) is 59.5 cm³/mol. The fourth-order valence-corrected chi connectivity index (χ4v) is 2.04. The van der Waals surface area contributed by atoms with Crippen LogP contribution in [0.3, 0.4) is 0 Å². The van der Waals surface area contributed by atoms with Gasteiger partial charge in [0.1, 0.15) is 0 Å². The van der Waals surface area contributed by atoms with Crippen molar-refractivity contribution in [3.8, 4) is 0 Å². The molecule has 1 heterocycles. The van der Waals surface area contributed by atoms with E-state index in [2.05, 4.69) is 10.6 Å². The lowest BCUT2D eigenvalue weighted by Crippen LogP contribution is -2.40. The van der Waals surface area contributed by atoms with Gasteiger partial charge in [0.15, 0.2) is 0 Å². The summed E-state index contributed by atoms with van der Waals surface area (Å²) in [5.74, 6) is 0.631. The Kier molecular flexibility index (Phi) is 3.43. The molecule has 2 aliphatic rings. The Morgan fingerprint density at radius 2 is 2.25 bits per heavy atom. The Balaban J connectivity index is 1.61. The van der Waals surface area contributed by atoms with E-state index in [0.717, 1.165) is 19.3 Å². The third-order valence-electron chi connectivity index (χ3n) is 3.28. The van der Waals surface area contributed by atoms with Crippen LogP contribution < -0.4 is 16.4 Å². The summed E-state index contributed by atoms with van der Waals surface area (Å²) in [6, 6.07) is 0.117. The molecule has 1 saturated carbocycles. The van der Waals surface area contributed by atoms with Gasteiger partial charge in [0, 0.05) is 31.5 Å². The number of hydrogen-bond acceptors (Lipinski definition) is 3. The summed E-state index contributed by atoms with van der Waals surface area (Å²) in [6.45, 7) is 0.530. The van der Waals surface area contributed by atoms with Crippen LogP contribution in [0.1, 0.15) is 32.1 Å². The first-order chi connectivity index (χ1) is 7.65. The average molecular weight is 225 g/mol. The van der Waals surface area contributed by atoms with Gasteiger partial charge in [0.25, 0.3) is 0 Å². The Labute approximate surface area is 95.1 Å². The standard InChI is InChI=1S/C11H19N3O2/c12-9(7-1-2-7)5-11(16)13-6-8-3-4-10(15)14-8/h7-9H,1-6,12H2,(H,13,16)(H,14,15). The van der Waals surface area contributed by atoms with Crippen molar-refractivity contribution in [2.24, 2.45) is 11.7 Å². The van der Waals surface area contributed by atoms with Gasteiger partial charge < -0.3 is 16.4 Å². The van der Waals surface area contributed by atoms with Crippen LogP contribution >= 0.6 is 0 Å². The zero-order chi connectivity index (χ0) is 11.5. The lowest BCUT2D eigenvalue weighted by molar-refractivity contribution is -0.122. The highest BCUT2D eigenvalue weighted by Crippen LogP contribution is 2.32. The minimum atomic E-state index is 0.000508. The van der Waals surface area contributed by atoms with Crippen molar-refractivity contribution in [2.75, 3.05) is 6.54 Å². The normalized spacial score (nSPS) is 26.3. The van der Waals surface area contributed by atoms with Crippen LogP contribution in [-0.2, 0) is 9.59 Å². The fourth-order valence-electron chi connectivity index (χ4n) is 2.04. The van der Waals surface area contributed by atoms with Gasteiger partial charge in [-0.05, 0) is 25.2 Å². The topological polar surface area (TPSA) is 84.2 Å². The van der Waals surface area contributed by atoms with Crippen molar-refractivity contribution in [2.45, 2.75) is 44.2 Å². The van der Waals surface area contributed by atoms with Crippen molar-refractivity contribution < 1.29 is 9.59 Å². The molecule has 2 unspecified atom stereocenters. The van der Waals surface area contributed by atoms with E-state index in [4.69, 9.17) is 5.73 Å². The van der Waals surface area contributed by atoms with E-state index in [0.29, 0.717) is 25.3 Å². The van der Waals surface area contributed by atoms with Crippen LogP contribution in [0, 0.1) is 5.92 Å². The van der Waals surface area contributed by atoms with Gasteiger partial charge in [-0.15, -0.1) is 0 Å². The highest BCUT2D eigenvalue weighted by Gasteiger charge is 2.30. The van der Waals surface area contributed by atoms with Crippen molar-refractivity contribution in [3.05, 3.63) is 0 Å². The van der Waals surface area contributed by atoms with Crippen molar-refractivity contribution in [1.29, 1.82) is 0 Å². The lowest BCUT2D eigenvalue weighted by Gasteiger charge is -2.13. The molecule has 0 aromatic carbocycles. The van der Waals surface area contributed by atoms with E-state index < -0.39 is 0 Å². The molecule has 0 radical (unpaired) electrons. The summed E-state index contributed by atoms with van der Waals surface area (Å²) in [5, 5.41) is 5.64. The van der Waals surface area contributed by atoms with Gasteiger partial charge >= 0.3 is 0 Å². The molecule has 2 amide bonds. The van der Waals surface area contributed by atoms with Crippen LogP contribution in [0.4, 0.5) is 0 Å². The summed E-state index contributed by atoms with van der Waals surface area (Å²) in [5.41, 5.74) is 5.86. The van der Waals surface area contributed by atoms with E-state index in [9.17, 15) is 9.59 Å². The van der Waals surface area contributed by atoms with Gasteiger partial charge in [0.05, 0.1) is 0 Å². The SMILES string of the molecule is NC(CC(=O)NCC1CCC(=O)N1)C1CC1. The maximum atomic E-state index is 11.5. The number of rotatable bonds is 5. The van der Waals surface area contributed by atoms with Crippen LogP contribution in [-0.4, -0.2) is 30.4 Å². The smallest absolute Gasteiger partial charge is 0.221 e. The lowest BCUT2D eigenvalue weighted by atomic mass is 10.1. The van der Waals surface area contributed by atoms with E-state index in [1.165, 1.54) is 0 Å². The zero-order valence-corrected chi connectivity index (χ0v) is 9.37. The monoisotopic (exact) mass is 225 g/mol. The van der Waals surface area contributed by atoms with Gasteiger partial charge in [0.2, 0.25) is 11.8 Å². The zero-order valence-electron chi connectivity index (χ0n) is 9.37. The molecule has 1 saturated heterocycles. The Morgan fingerprint density at radius 3 is 2.81 bits per heavy atom. The molecule has 2 rings (SSSR count). The second-order valence-electron chi connectivity index (χ2n) is 4.81. The molecule has 0 aromatic rings. The van der Waals surface area contributed by atoms with Crippen molar-refractivity contribution >= 4 is 11.8 Å². The second kappa shape index (κ2) is 4.82. The number of nitrogens with one attached hydrogen (secondary N) is 2. The molecule has 90 valence electrons. The average Bonchev–Trinajstić information content (AvgIpc) is 3.00. The molecule has 1 aliphatic carbocycles. The third kappa shape index (κ3) is 3.20. The molecule has 5 nitrogen and oxygen atoms in total. The number of amides is 2. The molecule has 0 aromatic heterocycles. The van der Waals surface area contributed by atoms with E-state index in [-0.39, 0.29) is 23.9 Å². The van der Waals surface area contributed by atoms with Crippen LogP contribution in [0.2, 0.25) is 0 Å². The number of carbonyl (C=O) groups excluding carboxylic acids is 2. The summed E-state index contributed by atoms with van der Waals surface area (Å²) in [4.78, 5) is 22.4. The highest BCUT2D eigenvalue weighted by molar-refractivity contribution is 5.79. The van der Waals surface area contributed by atoms with Gasteiger partial charge in [-0.2, -0.15) is 0 Å². The third-order valence-corrected chi connectivity index (χ3v) is 3.28. The summed E-state index contributed by atoms with van der Waals surface area (Å²) in [6.07, 6.45) is 4.11. The molecule has 0 bridgehead atoms. The summed E-state index contributed by atoms with van der Waals surface area (Å²) >= 11 is 0. The molecule has 5 heteroatoms. The number of nitrogens with two attached hydrogens (primary N) is 1. The molecule has 0 spiro atoms. The van der Waals surface area contributed by atoms with Crippen LogP contribution in [0.15, 0.2) is 0 Å². The maximum Gasteiger partial charge on any atom is 0.221 e. The quantitative estimate of drug-likeness (QED) is 0.590. The number of carbonyl (C=O) groups is 2. The predicted octanol–water partition coefficient (Wildman–Crippen LogP) is -0.491. The van der Waals surface area contributed by atoms with E-state index in [1.54, 1.807) is 0 Å². The molecular weight excluding hydrogens is 206 g/mol. The molecular formula is C11H19N3O2.